The predicted molar refractivity (Wildman–Crippen MR) is 96.3 cm³/mol. The molecule has 0 aromatic carbocycles. The van der Waals surface area contributed by atoms with Crippen LogP contribution in [0.2, 0.25) is 0 Å². The molecule has 1 unspecified atom stereocenters. The number of ether oxygens (including phenoxy) is 1. The second-order valence-corrected chi connectivity index (χ2v) is 7.06. The topological polar surface area (TPSA) is 76.6 Å². The number of aryl methyl sites for hydroxylation is 1. The van der Waals surface area contributed by atoms with E-state index in [1.807, 2.05) is 19.2 Å². The first-order valence-electron chi connectivity index (χ1n) is 9.25. The zero-order valence-electron chi connectivity index (χ0n) is 15.1. The second-order valence-electron chi connectivity index (χ2n) is 7.06. The number of aromatic nitrogens is 3. The Labute approximate surface area is 152 Å². The smallest absolute Gasteiger partial charge is 0.269 e. The van der Waals surface area contributed by atoms with Crippen LogP contribution >= 0.6 is 0 Å². The molecule has 8 heteroatoms. The Bertz CT molecular complexity index is 796. The molecule has 0 aliphatic carbocycles. The molecule has 2 aromatic heterocycles. The molecule has 0 bridgehead atoms. The SMILES string of the molecule is Cc1cc(CN2CCCC(n3ncc(N4CCOCC4)cc3=O)C2)no1. The quantitative estimate of drug-likeness (QED) is 0.812. The molecule has 2 aromatic rings. The van der Waals surface area contributed by atoms with Crippen LogP contribution in [0.25, 0.3) is 0 Å². The van der Waals surface area contributed by atoms with Gasteiger partial charge in [0.2, 0.25) is 0 Å². The highest BCUT2D eigenvalue weighted by Gasteiger charge is 2.24. The minimum Gasteiger partial charge on any atom is -0.378 e. The van der Waals surface area contributed by atoms with Gasteiger partial charge in [-0.25, -0.2) is 4.68 Å². The van der Waals surface area contributed by atoms with E-state index in [-0.39, 0.29) is 11.6 Å². The van der Waals surface area contributed by atoms with Gasteiger partial charge in [0.1, 0.15) is 5.76 Å². The molecule has 140 valence electrons. The van der Waals surface area contributed by atoms with Gasteiger partial charge in [0, 0.05) is 38.3 Å². The van der Waals surface area contributed by atoms with Gasteiger partial charge in [0.25, 0.3) is 5.56 Å². The van der Waals surface area contributed by atoms with Crippen LogP contribution in [0.3, 0.4) is 0 Å². The fourth-order valence-corrected chi connectivity index (χ4v) is 3.77. The normalized spacial score (nSPS) is 21.9. The summed E-state index contributed by atoms with van der Waals surface area (Å²) in [7, 11) is 0. The van der Waals surface area contributed by atoms with Crippen LogP contribution in [-0.4, -0.2) is 59.2 Å². The molecule has 1 atom stereocenters. The van der Waals surface area contributed by atoms with Crippen molar-refractivity contribution in [1.29, 1.82) is 0 Å². The summed E-state index contributed by atoms with van der Waals surface area (Å²) in [4.78, 5) is 17.1. The Morgan fingerprint density at radius 3 is 2.81 bits per heavy atom. The van der Waals surface area contributed by atoms with E-state index in [1.165, 1.54) is 0 Å². The van der Waals surface area contributed by atoms with Gasteiger partial charge >= 0.3 is 0 Å². The van der Waals surface area contributed by atoms with Crippen LogP contribution in [0.15, 0.2) is 27.6 Å². The van der Waals surface area contributed by atoms with E-state index in [2.05, 4.69) is 20.1 Å². The number of morpholine rings is 1. The van der Waals surface area contributed by atoms with Crippen molar-refractivity contribution >= 4 is 5.69 Å². The van der Waals surface area contributed by atoms with Gasteiger partial charge in [-0.3, -0.25) is 9.69 Å². The van der Waals surface area contributed by atoms with Gasteiger partial charge in [0.15, 0.2) is 0 Å². The zero-order chi connectivity index (χ0) is 17.9. The lowest BCUT2D eigenvalue weighted by molar-refractivity contribution is 0.122. The van der Waals surface area contributed by atoms with Crippen LogP contribution in [0, 0.1) is 6.92 Å². The molecule has 2 aliphatic rings. The monoisotopic (exact) mass is 359 g/mol. The minimum atomic E-state index is -0.0295. The van der Waals surface area contributed by atoms with E-state index >= 15 is 0 Å². The minimum absolute atomic E-state index is 0.0295. The van der Waals surface area contributed by atoms with Crippen molar-refractivity contribution in [3.63, 3.8) is 0 Å². The van der Waals surface area contributed by atoms with Crippen LogP contribution in [0.5, 0.6) is 0 Å². The highest BCUT2D eigenvalue weighted by atomic mass is 16.5. The van der Waals surface area contributed by atoms with Crippen molar-refractivity contribution in [2.45, 2.75) is 32.4 Å². The van der Waals surface area contributed by atoms with Gasteiger partial charge in [-0.1, -0.05) is 5.16 Å². The zero-order valence-corrected chi connectivity index (χ0v) is 15.1. The van der Waals surface area contributed by atoms with Gasteiger partial charge in [-0.2, -0.15) is 5.10 Å². The van der Waals surface area contributed by atoms with Gasteiger partial charge in [-0.15, -0.1) is 0 Å². The van der Waals surface area contributed by atoms with Crippen LogP contribution in [-0.2, 0) is 11.3 Å². The Balaban J connectivity index is 1.45. The van der Waals surface area contributed by atoms with Crippen LogP contribution < -0.4 is 10.5 Å². The maximum absolute atomic E-state index is 12.6. The lowest BCUT2D eigenvalue weighted by Gasteiger charge is -2.33. The number of rotatable bonds is 4. The van der Waals surface area contributed by atoms with Crippen molar-refractivity contribution in [3.05, 3.63) is 40.1 Å². The molecule has 0 saturated carbocycles. The molecule has 2 fully saturated rings. The third-order valence-electron chi connectivity index (χ3n) is 5.08. The average Bonchev–Trinajstić information content (AvgIpc) is 3.07. The lowest BCUT2D eigenvalue weighted by atomic mass is 10.1. The summed E-state index contributed by atoms with van der Waals surface area (Å²) in [6.07, 6.45) is 3.83. The molecular weight excluding hydrogens is 334 g/mol. The van der Waals surface area contributed by atoms with E-state index in [9.17, 15) is 4.79 Å². The number of hydrogen-bond donors (Lipinski definition) is 0. The van der Waals surface area contributed by atoms with Crippen molar-refractivity contribution in [2.75, 3.05) is 44.3 Å². The summed E-state index contributed by atoms with van der Waals surface area (Å²) < 4.78 is 12.2. The third-order valence-corrected chi connectivity index (χ3v) is 5.08. The lowest BCUT2D eigenvalue weighted by Crippen LogP contribution is -2.41. The van der Waals surface area contributed by atoms with E-state index in [0.717, 1.165) is 62.7 Å². The number of likely N-dealkylation sites (tertiary alicyclic amines) is 1. The number of anilines is 1. The maximum Gasteiger partial charge on any atom is 0.269 e. The molecule has 0 spiro atoms. The Morgan fingerprint density at radius 1 is 1.23 bits per heavy atom. The van der Waals surface area contributed by atoms with Crippen molar-refractivity contribution < 1.29 is 9.26 Å². The molecule has 0 N–H and O–H groups in total. The maximum atomic E-state index is 12.6. The highest BCUT2D eigenvalue weighted by Crippen LogP contribution is 2.22. The Hall–Kier alpha value is -2.19. The average molecular weight is 359 g/mol. The standard InChI is InChI=1S/C18H25N5O3/c1-14-9-15(20-26-14)12-21-4-2-3-16(13-21)23-18(24)10-17(11-19-23)22-5-7-25-8-6-22/h9-11,16H,2-8,12-13H2,1H3. The molecule has 0 radical (unpaired) electrons. The van der Waals surface area contributed by atoms with E-state index in [0.29, 0.717) is 13.2 Å². The van der Waals surface area contributed by atoms with E-state index in [4.69, 9.17) is 9.26 Å². The summed E-state index contributed by atoms with van der Waals surface area (Å²) >= 11 is 0. The number of nitrogens with zero attached hydrogens (tertiary/aromatic N) is 5. The van der Waals surface area contributed by atoms with Gasteiger partial charge in [-0.05, 0) is 26.3 Å². The molecule has 4 heterocycles. The van der Waals surface area contributed by atoms with E-state index < -0.39 is 0 Å². The molecule has 2 aliphatic heterocycles. The fourth-order valence-electron chi connectivity index (χ4n) is 3.77. The van der Waals surface area contributed by atoms with Crippen LogP contribution in [0.1, 0.15) is 30.3 Å². The summed E-state index contributed by atoms with van der Waals surface area (Å²) in [6, 6.07) is 3.77. The summed E-state index contributed by atoms with van der Waals surface area (Å²) in [5.41, 5.74) is 1.80. The summed E-state index contributed by atoms with van der Waals surface area (Å²) in [5.74, 6) is 0.824. The van der Waals surface area contributed by atoms with Crippen molar-refractivity contribution in [3.8, 4) is 0 Å². The predicted octanol–water partition coefficient (Wildman–Crippen LogP) is 1.21. The molecule has 0 amide bonds. The third kappa shape index (κ3) is 3.81. The molecule has 26 heavy (non-hydrogen) atoms. The molecule has 8 nitrogen and oxygen atoms in total. The summed E-state index contributed by atoms with van der Waals surface area (Å²) in [5, 5.41) is 8.56. The van der Waals surface area contributed by atoms with Crippen LogP contribution in [0.4, 0.5) is 5.69 Å². The first-order valence-corrected chi connectivity index (χ1v) is 9.25. The first-order chi connectivity index (χ1) is 12.7. The fraction of sp³-hybridized carbons (Fsp3) is 0.611. The molecule has 4 rings (SSSR count). The summed E-state index contributed by atoms with van der Waals surface area (Å²) in [6.45, 7) is 7.45. The number of piperidine rings is 1. The van der Waals surface area contributed by atoms with Crippen molar-refractivity contribution in [1.82, 2.24) is 19.8 Å². The Kier molecular flexibility index (Phi) is 5.03. The second kappa shape index (κ2) is 7.59. The van der Waals surface area contributed by atoms with E-state index in [1.54, 1.807) is 10.7 Å². The number of hydrogen-bond acceptors (Lipinski definition) is 7. The first kappa shape index (κ1) is 17.2. The molecular formula is C18H25N5O3. The van der Waals surface area contributed by atoms with Crippen molar-refractivity contribution in [2.24, 2.45) is 0 Å². The molecule has 2 saturated heterocycles. The van der Waals surface area contributed by atoms with Gasteiger partial charge < -0.3 is 14.2 Å². The Morgan fingerprint density at radius 2 is 2.08 bits per heavy atom. The largest absolute Gasteiger partial charge is 0.378 e. The van der Waals surface area contributed by atoms with Gasteiger partial charge in [0.05, 0.1) is 36.8 Å². The highest BCUT2D eigenvalue weighted by molar-refractivity contribution is 5.43.